The molecule has 2 heterocycles. The first kappa shape index (κ1) is 17.2. The zero-order valence-corrected chi connectivity index (χ0v) is 15.3. The van der Waals surface area contributed by atoms with Crippen LogP contribution in [0.3, 0.4) is 0 Å². The summed E-state index contributed by atoms with van der Waals surface area (Å²) < 4.78 is 0. The maximum absolute atomic E-state index is 13.1. The number of rotatable bonds is 2. The first-order valence-electron chi connectivity index (χ1n) is 9.61. The van der Waals surface area contributed by atoms with Crippen molar-refractivity contribution in [3.05, 3.63) is 65.5 Å². The Bertz CT molecular complexity index is 774. The Morgan fingerprint density at radius 1 is 1.15 bits per heavy atom. The molecule has 1 aliphatic heterocycles. The molecule has 3 atom stereocenters. The molecular weight excluding hydrogens is 324 g/mol. The van der Waals surface area contributed by atoms with Crippen LogP contribution in [0.2, 0.25) is 0 Å². The molecule has 1 saturated heterocycles. The summed E-state index contributed by atoms with van der Waals surface area (Å²) in [6.07, 6.45) is 6.42. The van der Waals surface area contributed by atoms with E-state index in [9.17, 15) is 9.90 Å². The topological polar surface area (TPSA) is 53.4 Å². The summed E-state index contributed by atoms with van der Waals surface area (Å²) in [4.78, 5) is 19.4. The van der Waals surface area contributed by atoms with Crippen LogP contribution < -0.4 is 0 Å². The Labute approximate surface area is 154 Å². The average Bonchev–Trinajstić information content (AvgIpc) is 2.69. The van der Waals surface area contributed by atoms with Crippen molar-refractivity contribution in [2.75, 3.05) is 6.54 Å². The molecule has 1 saturated carbocycles. The van der Waals surface area contributed by atoms with E-state index in [4.69, 9.17) is 0 Å². The second kappa shape index (κ2) is 6.84. The van der Waals surface area contributed by atoms with Gasteiger partial charge in [-0.2, -0.15) is 0 Å². The first-order chi connectivity index (χ1) is 12.6. The lowest BCUT2D eigenvalue weighted by Crippen LogP contribution is -2.59. The van der Waals surface area contributed by atoms with Gasteiger partial charge >= 0.3 is 0 Å². The van der Waals surface area contributed by atoms with Gasteiger partial charge in [0, 0.05) is 30.4 Å². The van der Waals surface area contributed by atoms with Gasteiger partial charge in [-0.3, -0.25) is 9.78 Å². The van der Waals surface area contributed by atoms with Crippen LogP contribution in [0.15, 0.2) is 48.7 Å². The van der Waals surface area contributed by atoms with Gasteiger partial charge in [0.2, 0.25) is 0 Å². The standard InChI is InChI=1S/C22H26N2O2/c1-16-11-12-17(15-23-16)21(25)24-14-13-22(26,18-7-3-2-4-8-18)19-9-5-6-10-20(19)24/h2-4,7-8,11-12,15,19-20,26H,5-6,9-10,13-14H2,1H3/t19-,20+,22?/m1/s1. The minimum absolute atomic E-state index is 0.0458. The molecule has 4 rings (SSSR count). The van der Waals surface area contributed by atoms with Crippen molar-refractivity contribution in [3.8, 4) is 0 Å². The molecule has 2 fully saturated rings. The van der Waals surface area contributed by atoms with Crippen molar-refractivity contribution in [1.29, 1.82) is 0 Å². The van der Waals surface area contributed by atoms with E-state index < -0.39 is 5.60 Å². The number of nitrogens with zero attached hydrogens (tertiary/aromatic N) is 2. The lowest BCUT2D eigenvalue weighted by atomic mass is 9.66. The van der Waals surface area contributed by atoms with E-state index in [0.717, 1.165) is 36.9 Å². The predicted octanol–water partition coefficient (Wildman–Crippen LogP) is 3.68. The van der Waals surface area contributed by atoms with E-state index in [0.29, 0.717) is 18.5 Å². The van der Waals surface area contributed by atoms with Gasteiger partial charge in [0.1, 0.15) is 0 Å². The molecule has 1 aliphatic carbocycles. The van der Waals surface area contributed by atoms with Crippen molar-refractivity contribution >= 4 is 5.91 Å². The van der Waals surface area contributed by atoms with Gasteiger partial charge in [0.05, 0.1) is 11.2 Å². The van der Waals surface area contributed by atoms with Crippen molar-refractivity contribution in [1.82, 2.24) is 9.88 Å². The summed E-state index contributed by atoms with van der Waals surface area (Å²) in [5.74, 6) is 0.138. The van der Waals surface area contributed by atoms with Crippen molar-refractivity contribution in [2.24, 2.45) is 5.92 Å². The molecule has 1 N–H and O–H groups in total. The van der Waals surface area contributed by atoms with Gasteiger partial charge < -0.3 is 10.0 Å². The number of aromatic nitrogens is 1. The van der Waals surface area contributed by atoms with Crippen molar-refractivity contribution < 1.29 is 9.90 Å². The Morgan fingerprint density at radius 2 is 1.92 bits per heavy atom. The summed E-state index contributed by atoms with van der Waals surface area (Å²) in [7, 11) is 0. The minimum Gasteiger partial charge on any atom is -0.385 e. The monoisotopic (exact) mass is 350 g/mol. The van der Waals surface area contributed by atoms with Gasteiger partial charge in [-0.1, -0.05) is 43.2 Å². The zero-order chi connectivity index (χ0) is 18.1. The van der Waals surface area contributed by atoms with E-state index in [-0.39, 0.29) is 17.9 Å². The van der Waals surface area contributed by atoms with E-state index in [1.54, 1.807) is 6.20 Å². The van der Waals surface area contributed by atoms with Crippen LogP contribution in [-0.2, 0) is 5.60 Å². The summed E-state index contributed by atoms with van der Waals surface area (Å²) in [5.41, 5.74) is 1.70. The Hall–Kier alpha value is -2.20. The molecule has 2 aromatic rings. The maximum atomic E-state index is 13.1. The van der Waals surface area contributed by atoms with Gasteiger partial charge in [0.25, 0.3) is 5.91 Å². The van der Waals surface area contributed by atoms with Crippen LogP contribution in [0.4, 0.5) is 0 Å². The average molecular weight is 350 g/mol. The van der Waals surface area contributed by atoms with Crippen LogP contribution >= 0.6 is 0 Å². The summed E-state index contributed by atoms with van der Waals surface area (Å²) in [5, 5.41) is 11.6. The van der Waals surface area contributed by atoms with Crippen molar-refractivity contribution in [3.63, 3.8) is 0 Å². The van der Waals surface area contributed by atoms with E-state index in [1.807, 2.05) is 54.3 Å². The highest BCUT2D eigenvalue weighted by Crippen LogP contribution is 2.47. The molecule has 0 spiro atoms. The van der Waals surface area contributed by atoms with Gasteiger partial charge in [-0.05, 0) is 43.9 Å². The van der Waals surface area contributed by atoms with Crippen LogP contribution in [0.1, 0.15) is 53.7 Å². The Balaban J connectivity index is 1.64. The number of aryl methyl sites for hydroxylation is 1. The summed E-state index contributed by atoms with van der Waals surface area (Å²) in [6.45, 7) is 2.51. The van der Waals surface area contributed by atoms with Crippen LogP contribution in [0.5, 0.6) is 0 Å². The number of piperidine rings is 1. The third kappa shape index (κ3) is 2.92. The number of carbonyl (C=O) groups is 1. The number of amides is 1. The van der Waals surface area contributed by atoms with Crippen LogP contribution in [0, 0.1) is 12.8 Å². The number of aliphatic hydroxyl groups is 1. The molecular formula is C22H26N2O2. The fourth-order valence-corrected chi connectivity index (χ4v) is 4.78. The van der Waals surface area contributed by atoms with E-state index in [2.05, 4.69) is 4.98 Å². The van der Waals surface area contributed by atoms with E-state index >= 15 is 0 Å². The second-order valence-corrected chi connectivity index (χ2v) is 7.69. The number of benzene rings is 1. The lowest BCUT2D eigenvalue weighted by Gasteiger charge is -2.52. The number of fused-ring (bicyclic) bond motifs is 1. The minimum atomic E-state index is -0.839. The smallest absolute Gasteiger partial charge is 0.255 e. The van der Waals surface area contributed by atoms with Gasteiger partial charge in [-0.15, -0.1) is 0 Å². The number of hydrogen-bond donors (Lipinski definition) is 1. The third-order valence-electron chi connectivity index (χ3n) is 6.17. The molecule has 1 amide bonds. The number of hydrogen-bond acceptors (Lipinski definition) is 3. The quantitative estimate of drug-likeness (QED) is 0.899. The maximum Gasteiger partial charge on any atom is 0.255 e. The number of pyridine rings is 1. The van der Waals surface area contributed by atoms with E-state index in [1.165, 1.54) is 0 Å². The normalized spacial score (nSPS) is 28.5. The third-order valence-corrected chi connectivity index (χ3v) is 6.17. The molecule has 0 radical (unpaired) electrons. The second-order valence-electron chi connectivity index (χ2n) is 7.69. The molecule has 1 aromatic carbocycles. The zero-order valence-electron chi connectivity index (χ0n) is 15.3. The Kier molecular flexibility index (Phi) is 4.53. The highest BCUT2D eigenvalue weighted by atomic mass is 16.3. The molecule has 1 aromatic heterocycles. The number of likely N-dealkylation sites (tertiary alicyclic amines) is 1. The molecule has 1 unspecified atom stereocenters. The van der Waals surface area contributed by atoms with Gasteiger partial charge in [0.15, 0.2) is 0 Å². The van der Waals surface area contributed by atoms with Crippen molar-refractivity contribution in [2.45, 2.75) is 50.7 Å². The Morgan fingerprint density at radius 3 is 2.65 bits per heavy atom. The highest BCUT2D eigenvalue weighted by Gasteiger charge is 2.50. The largest absolute Gasteiger partial charge is 0.385 e. The number of carbonyl (C=O) groups excluding carboxylic acids is 1. The first-order valence-corrected chi connectivity index (χ1v) is 9.61. The molecule has 0 bridgehead atoms. The molecule has 4 heteroatoms. The van der Waals surface area contributed by atoms with Gasteiger partial charge in [-0.25, -0.2) is 0 Å². The van der Waals surface area contributed by atoms with Crippen LogP contribution in [0.25, 0.3) is 0 Å². The highest BCUT2D eigenvalue weighted by molar-refractivity contribution is 5.94. The molecule has 26 heavy (non-hydrogen) atoms. The SMILES string of the molecule is Cc1ccc(C(=O)N2CCC(O)(c3ccccc3)[C@@H]3CCCC[C@@H]32)cn1. The molecule has 4 nitrogen and oxygen atoms in total. The molecule has 136 valence electrons. The predicted molar refractivity (Wildman–Crippen MR) is 101 cm³/mol. The fourth-order valence-electron chi connectivity index (χ4n) is 4.78. The summed E-state index contributed by atoms with van der Waals surface area (Å²) in [6, 6.07) is 13.8. The van der Waals surface area contributed by atoms with Crippen LogP contribution in [-0.4, -0.2) is 33.5 Å². The lowest BCUT2D eigenvalue weighted by molar-refractivity contribution is -0.110. The fraction of sp³-hybridized carbons (Fsp3) is 0.455. The molecule has 2 aliphatic rings. The summed E-state index contributed by atoms with van der Waals surface area (Å²) >= 11 is 0.